The van der Waals surface area contributed by atoms with E-state index in [1.165, 1.54) is 18.4 Å². The molecule has 0 spiro atoms. The molecule has 0 aliphatic rings. The number of hydrogen-bond acceptors (Lipinski definition) is 4. The van der Waals surface area contributed by atoms with Gasteiger partial charge in [0.25, 0.3) is 5.69 Å². The molecule has 22 heavy (non-hydrogen) atoms. The number of rotatable bonds is 4. The van der Waals surface area contributed by atoms with E-state index in [4.69, 9.17) is 9.15 Å². The highest BCUT2D eigenvalue weighted by Gasteiger charge is 2.14. The molecule has 0 unspecified atom stereocenters. The van der Waals surface area contributed by atoms with Gasteiger partial charge in [-0.05, 0) is 36.8 Å². The second-order valence-electron chi connectivity index (χ2n) is 4.82. The maximum atomic E-state index is 11.1. The zero-order valence-corrected chi connectivity index (χ0v) is 11.9. The predicted molar refractivity (Wildman–Crippen MR) is 82.1 cm³/mol. The van der Waals surface area contributed by atoms with E-state index in [0.29, 0.717) is 22.8 Å². The summed E-state index contributed by atoms with van der Waals surface area (Å²) in [4.78, 5) is 10.7. The van der Waals surface area contributed by atoms with E-state index >= 15 is 0 Å². The zero-order chi connectivity index (χ0) is 15.5. The molecule has 0 bridgehead atoms. The van der Waals surface area contributed by atoms with Gasteiger partial charge in [-0.3, -0.25) is 10.1 Å². The first-order chi connectivity index (χ1) is 10.6. The predicted octanol–water partition coefficient (Wildman–Crippen LogP) is 4.96. The monoisotopic (exact) mass is 295 g/mol. The van der Waals surface area contributed by atoms with Crippen LogP contribution in [0.15, 0.2) is 65.3 Å². The quantitative estimate of drug-likeness (QED) is 0.504. The maximum Gasteiger partial charge on any atom is 0.273 e. The topological polar surface area (TPSA) is 65.5 Å². The Kier molecular flexibility index (Phi) is 3.62. The molecule has 0 amide bonds. The Labute approximate surface area is 126 Å². The molecule has 1 heterocycles. The molecular weight excluding hydrogens is 282 g/mol. The van der Waals surface area contributed by atoms with E-state index in [-0.39, 0.29) is 5.69 Å². The van der Waals surface area contributed by atoms with Crippen LogP contribution in [0.3, 0.4) is 0 Å². The van der Waals surface area contributed by atoms with Gasteiger partial charge in [0.1, 0.15) is 17.3 Å². The molecule has 0 radical (unpaired) electrons. The molecule has 110 valence electrons. The first-order valence-electron chi connectivity index (χ1n) is 6.70. The van der Waals surface area contributed by atoms with Crippen LogP contribution < -0.4 is 4.74 Å². The van der Waals surface area contributed by atoms with E-state index in [0.717, 1.165) is 5.56 Å². The van der Waals surface area contributed by atoms with Crippen LogP contribution in [0.2, 0.25) is 0 Å². The summed E-state index contributed by atoms with van der Waals surface area (Å²) < 4.78 is 11.1. The SMILES string of the molecule is Cc1ccccc1Oc1cc(-c2ccco2)cc([N+](=O)[O-])c1. The Balaban J connectivity index is 2.04. The van der Waals surface area contributed by atoms with Crippen LogP contribution in [0.5, 0.6) is 11.5 Å². The summed E-state index contributed by atoms with van der Waals surface area (Å²) in [5.41, 5.74) is 1.51. The van der Waals surface area contributed by atoms with Crippen LogP contribution >= 0.6 is 0 Å². The number of para-hydroxylation sites is 1. The lowest BCUT2D eigenvalue weighted by molar-refractivity contribution is -0.384. The lowest BCUT2D eigenvalue weighted by Crippen LogP contribution is -1.92. The number of aryl methyl sites for hydroxylation is 1. The van der Waals surface area contributed by atoms with Gasteiger partial charge in [-0.25, -0.2) is 0 Å². The Hall–Kier alpha value is -3.08. The molecule has 5 heteroatoms. The van der Waals surface area contributed by atoms with E-state index in [1.807, 2.05) is 31.2 Å². The van der Waals surface area contributed by atoms with E-state index < -0.39 is 4.92 Å². The number of benzene rings is 2. The standard InChI is InChI=1S/C17H13NO4/c1-12-5-2-3-6-16(12)22-15-10-13(17-7-4-8-21-17)9-14(11-15)18(19)20/h2-11H,1H3. The van der Waals surface area contributed by atoms with Crippen LogP contribution in [-0.2, 0) is 0 Å². The normalized spacial score (nSPS) is 10.4. The van der Waals surface area contributed by atoms with Crippen molar-refractivity contribution in [1.29, 1.82) is 0 Å². The van der Waals surface area contributed by atoms with Gasteiger partial charge in [0.2, 0.25) is 0 Å². The molecule has 2 aromatic carbocycles. The second kappa shape index (κ2) is 5.73. The first-order valence-corrected chi connectivity index (χ1v) is 6.70. The minimum absolute atomic E-state index is 0.0440. The first kappa shape index (κ1) is 13.9. The molecule has 0 atom stereocenters. The molecule has 0 aliphatic heterocycles. The Morgan fingerprint density at radius 3 is 2.59 bits per heavy atom. The van der Waals surface area contributed by atoms with Gasteiger partial charge in [0.05, 0.1) is 17.3 Å². The molecule has 5 nitrogen and oxygen atoms in total. The smallest absolute Gasteiger partial charge is 0.273 e. The zero-order valence-electron chi connectivity index (χ0n) is 11.9. The molecule has 0 aliphatic carbocycles. The number of non-ortho nitro benzene ring substituents is 1. The summed E-state index contributed by atoms with van der Waals surface area (Å²) >= 11 is 0. The van der Waals surface area contributed by atoms with Crippen molar-refractivity contribution in [1.82, 2.24) is 0 Å². The number of nitro benzene ring substituents is 1. The van der Waals surface area contributed by atoms with E-state index in [1.54, 1.807) is 18.2 Å². The van der Waals surface area contributed by atoms with Gasteiger partial charge in [-0.2, -0.15) is 0 Å². The number of nitro groups is 1. The van der Waals surface area contributed by atoms with Crippen LogP contribution in [-0.4, -0.2) is 4.92 Å². The van der Waals surface area contributed by atoms with Crippen molar-refractivity contribution in [2.24, 2.45) is 0 Å². The Bertz CT molecular complexity index is 809. The van der Waals surface area contributed by atoms with Crippen LogP contribution in [0.4, 0.5) is 5.69 Å². The summed E-state index contributed by atoms with van der Waals surface area (Å²) in [6.07, 6.45) is 1.52. The van der Waals surface area contributed by atoms with Gasteiger partial charge >= 0.3 is 0 Å². The summed E-state index contributed by atoms with van der Waals surface area (Å²) in [5.74, 6) is 1.61. The third-order valence-corrected chi connectivity index (χ3v) is 3.23. The molecular formula is C17H13NO4. The van der Waals surface area contributed by atoms with E-state index in [2.05, 4.69) is 0 Å². The Morgan fingerprint density at radius 1 is 1.09 bits per heavy atom. The number of nitrogens with zero attached hydrogens (tertiary/aromatic N) is 1. The molecule has 1 aromatic heterocycles. The van der Waals surface area contributed by atoms with Gasteiger partial charge in [-0.15, -0.1) is 0 Å². The molecule has 3 rings (SSSR count). The highest BCUT2D eigenvalue weighted by Crippen LogP contribution is 2.33. The van der Waals surface area contributed by atoms with Crippen LogP contribution in [0.25, 0.3) is 11.3 Å². The number of ether oxygens (including phenoxy) is 1. The summed E-state index contributed by atoms with van der Waals surface area (Å²) in [5, 5.41) is 11.1. The Morgan fingerprint density at radius 2 is 1.91 bits per heavy atom. The second-order valence-corrected chi connectivity index (χ2v) is 4.82. The van der Waals surface area contributed by atoms with Gasteiger partial charge in [0.15, 0.2) is 0 Å². The minimum Gasteiger partial charge on any atom is -0.464 e. The van der Waals surface area contributed by atoms with Crippen molar-refractivity contribution in [3.05, 3.63) is 76.5 Å². The van der Waals surface area contributed by atoms with E-state index in [9.17, 15) is 10.1 Å². The van der Waals surface area contributed by atoms with Crippen LogP contribution in [0.1, 0.15) is 5.56 Å². The average molecular weight is 295 g/mol. The highest BCUT2D eigenvalue weighted by molar-refractivity contribution is 5.64. The maximum absolute atomic E-state index is 11.1. The number of furan rings is 1. The van der Waals surface area contributed by atoms with Gasteiger partial charge in [-0.1, -0.05) is 18.2 Å². The lowest BCUT2D eigenvalue weighted by Gasteiger charge is -2.09. The number of hydrogen-bond donors (Lipinski definition) is 0. The molecule has 0 saturated carbocycles. The van der Waals surface area contributed by atoms with Crippen molar-refractivity contribution in [3.63, 3.8) is 0 Å². The van der Waals surface area contributed by atoms with Gasteiger partial charge in [0, 0.05) is 11.6 Å². The average Bonchev–Trinajstić information content (AvgIpc) is 3.03. The lowest BCUT2D eigenvalue weighted by atomic mass is 10.1. The van der Waals surface area contributed by atoms with Crippen molar-refractivity contribution in [2.75, 3.05) is 0 Å². The van der Waals surface area contributed by atoms with Crippen molar-refractivity contribution in [3.8, 4) is 22.8 Å². The van der Waals surface area contributed by atoms with Crippen molar-refractivity contribution in [2.45, 2.75) is 6.92 Å². The highest BCUT2D eigenvalue weighted by atomic mass is 16.6. The largest absolute Gasteiger partial charge is 0.464 e. The third kappa shape index (κ3) is 2.83. The fourth-order valence-electron chi connectivity index (χ4n) is 2.13. The molecule has 3 aromatic rings. The minimum atomic E-state index is -0.447. The molecule has 0 fully saturated rings. The fourth-order valence-corrected chi connectivity index (χ4v) is 2.13. The summed E-state index contributed by atoms with van der Waals surface area (Å²) in [6.45, 7) is 1.92. The van der Waals surface area contributed by atoms with Gasteiger partial charge < -0.3 is 9.15 Å². The van der Waals surface area contributed by atoms with Crippen molar-refractivity contribution >= 4 is 5.69 Å². The molecule has 0 N–H and O–H groups in total. The third-order valence-electron chi connectivity index (χ3n) is 3.23. The molecule has 0 saturated heterocycles. The summed E-state index contributed by atoms with van der Waals surface area (Å²) in [7, 11) is 0. The summed E-state index contributed by atoms with van der Waals surface area (Å²) in [6, 6.07) is 15.6. The fraction of sp³-hybridized carbons (Fsp3) is 0.0588. The van der Waals surface area contributed by atoms with Crippen LogP contribution in [0, 0.1) is 17.0 Å². The van der Waals surface area contributed by atoms with Crippen molar-refractivity contribution < 1.29 is 14.1 Å².